The van der Waals surface area contributed by atoms with Crippen molar-refractivity contribution in [3.63, 3.8) is 0 Å². The molecule has 2 aromatic carbocycles. The quantitative estimate of drug-likeness (QED) is 0.630. The van der Waals surface area contributed by atoms with E-state index in [1.807, 2.05) is 49.5 Å². The minimum atomic E-state index is 0.903. The highest BCUT2D eigenvalue weighted by Crippen LogP contribution is 2.17. The van der Waals surface area contributed by atoms with Crippen molar-refractivity contribution in [2.75, 3.05) is 5.73 Å². The second-order valence-electron chi connectivity index (χ2n) is 4.42. The fourth-order valence-corrected chi connectivity index (χ4v) is 1.93. The first-order chi connectivity index (χ1) is 9.72. The molecule has 0 aliphatic carbocycles. The molecule has 0 heterocycles. The fraction of sp³-hybridized carbons (Fsp3) is 0.278. The van der Waals surface area contributed by atoms with Gasteiger partial charge in [0.05, 0.1) is 5.69 Å². The largest absolute Gasteiger partial charge is 0.399 e. The normalized spacial score (nSPS) is 10.2. The highest BCUT2D eigenvalue weighted by Gasteiger charge is 1.94. The Balaban J connectivity index is 0.000000204. The van der Waals surface area contributed by atoms with Crippen LogP contribution in [-0.2, 0) is 12.8 Å². The number of nitrogens with zero attached hydrogens (tertiary/aromatic N) is 1. The molecule has 0 bridgehead atoms. The average Bonchev–Trinajstić information content (AvgIpc) is 2.49. The smallest absolute Gasteiger partial charge is 0.0657 e. The number of benzene rings is 2. The van der Waals surface area contributed by atoms with Crippen LogP contribution in [0.2, 0.25) is 0 Å². The van der Waals surface area contributed by atoms with E-state index in [0.717, 1.165) is 24.2 Å². The lowest BCUT2D eigenvalue weighted by Crippen LogP contribution is -1.90. The number of para-hydroxylation sites is 2. The maximum absolute atomic E-state index is 5.63. The molecule has 2 rings (SSSR count). The van der Waals surface area contributed by atoms with Gasteiger partial charge in [-0.3, -0.25) is 4.99 Å². The summed E-state index contributed by atoms with van der Waals surface area (Å²) in [4.78, 5) is 4.25. The summed E-state index contributed by atoms with van der Waals surface area (Å²) in [5, 5.41) is 0. The minimum absolute atomic E-state index is 0.903. The Hall–Kier alpha value is -2.09. The summed E-state index contributed by atoms with van der Waals surface area (Å²) in [6, 6.07) is 16.2. The lowest BCUT2D eigenvalue weighted by atomic mass is 10.1. The molecular weight excluding hydrogens is 244 g/mol. The zero-order chi connectivity index (χ0) is 14.8. The molecule has 0 saturated heterocycles. The van der Waals surface area contributed by atoms with Crippen molar-refractivity contribution in [1.82, 2.24) is 0 Å². The van der Waals surface area contributed by atoms with Crippen molar-refractivity contribution in [2.24, 2.45) is 4.99 Å². The van der Waals surface area contributed by atoms with Crippen LogP contribution in [0.3, 0.4) is 0 Å². The number of anilines is 1. The molecule has 20 heavy (non-hydrogen) atoms. The Kier molecular flexibility index (Phi) is 7.12. The molecule has 2 heteroatoms. The van der Waals surface area contributed by atoms with Gasteiger partial charge in [-0.25, -0.2) is 0 Å². The van der Waals surface area contributed by atoms with Gasteiger partial charge >= 0.3 is 0 Å². The molecule has 0 spiro atoms. The summed E-state index contributed by atoms with van der Waals surface area (Å²) >= 11 is 0. The van der Waals surface area contributed by atoms with Crippen molar-refractivity contribution in [2.45, 2.75) is 33.6 Å². The van der Waals surface area contributed by atoms with E-state index in [1.54, 1.807) is 0 Å². The Labute approximate surface area is 122 Å². The number of hydrogen-bond acceptors (Lipinski definition) is 2. The Morgan fingerprint density at radius 1 is 0.900 bits per heavy atom. The second kappa shape index (κ2) is 8.92. The van der Waals surface area contributed by atoms with Gasteiger partial charge in [-0.15, -0.1) is 0 Å². The van der Waals surface area contributed by atoms with E-state index in [2.05, 4.69) is 31.0 Å². The predicted octanol–water partition coefficient (Wildman–Crippen LogP) is 4.80. The third-order valence-corrected chi connectivity index (χ3v) is 3.08. The number of hydrogen-bond donors (Lipinski definition) is 1. The molecule has 0 fully saturated rings. The molecule has 0 radical (unpaired) electrons. The zero-order valence-corrected chi connectivity index (χ0v) is 12.6. The second-order valence-corrected chi connectivity index (χ2v) is 4.42. The van der Waals surface area contributed by atoms with Gasteiger partial charge in [-0.05, 0) is 43.0 Å². The Morgan fingerprint density at radius 3 is 1.95 bits per heavy atom. The van der Waals surface area contributed by atoms with Gasteiger partial charge in [-0.1, -0.05) is 50.2 Å². The standard InChI is InChI=1S/C10H13N.C8H11N/c1-3-9-7-5-6-8-10(9)11-4-2;1-2-7-5-3-4-6-8(7)9/h4-8H,3H2,1-2H3;3-6H,2,9H2,1H3. The summed E-state index contributed by atoms with van der Waals surface area (Å²) in [5.74, 6) is 0. The van der Waals surface area contributed by atoms with E-state index in [-0.39, 0.29) is 0 Å². The van der Waals surface area contributed by atoms with Crippen LogP contribution < -0.4 is 5.73 Å². The summed E-state index contributed by atoms with van der Waals surface area (Å²) in [7, 11) is 0. The van der Waals surface area contributed by atoms with Crippen LogP contribution >= 0.6 is 0 Å². The summed E-state index contributed by atoms with van der Waals surface area (Å²) in [6.45, 7) is 6.18. The van der Waals surface area contributed by atoms with E-state index >= 15 is 0 Å². The van der Waals surface area contributed by atoms with E-state index < -0.39 is 0 Å². The molecule has 0 atom stereocenters. The summed E-state index contributed by atoms with van der Waals surface area (Å²) < 4.78 is 0. The molecule has 106 valence electrons. The Bertz CT molecular complexity index is 545. The van der Waals surface area contributed by atoms with Crippen LogP contribution in [0.5, 0.6) is 0 Å². The van der Waals surface area contributed by atoms with Gasteiger partial charge in [-0.2, -0.15) is 0 Å². The zero-order valence-electron chi connectivity index (χ0n) is 12.6. The molecule has 2 nitrogen and oxygen atoms in total. The van der Waals surface area contributed by atoms with Crippen molar-refractivity contribution in [1.29, 1.82) is 0 Å². The van der Waals surface area contributed by atoms with Crippen LogP contribution in [0.15, 0.2) is 53.5 Å². The molecule has 0 aliphatic heterocycles. The molecule has 0 amide bonds. The topological polar surface area (TPSA) is 38.4 Å². The van der Waals surface area contributed by atoms with Gasteiger partial charge < -0.3 is 5.73 Å². The summed E-state index contributed by atoms with van der Waals surface area (Å²) in [6.07, 6.45) is 3.90. The van der Waals surface area contributed by atoms with E-state index in [0.29, 0.717) is 0 Å². The Morgan fingerprint density at radius 2 is 1.45 bits per heavy atom. The maximum Gasteiger partial charge on any atom is 0.0657 e. The lowest BCUT2D eigenvalue weighted by Gasteiger charge is -1.99. The number of aryl methyl sites for hydroxylation is 2. The minimum Gasteiger partial charge on any atom is -0.399 e. The van der Waals surface area contributed by atoms with E-state index in [1.165, 1.54) is 11.1 Å². The predicted molar refractivity (Wildman–Crippen MR) is 89.9 cm³/mol. The van der Waals surface area contributed by atoms with Crippen LogP contribution in [0.4, 0.5) is 11.4 Å². The van der Waals surface area contributed by atoms with Gasteiger partial charge in [0.2, 0.25) is 0 Å². The van der Waals surface area contributed by atoms with Crippen LogP contribution in [0.1, 0.15) is 31.9 Å². The maximum atomic E-state index is 5.63. The SMILES string of the molecule is CC=Nc1ccccc1CC.CCc1ccccc1N. The fourth-order valence-electron chi connectivity index (χ4n) is 1.93. The molecule has 0 saturated carbocycles. The molecule has 0 aliphatic rings. The third kappa shape index (κ3) is 4.88. The van der Waals surface area contributed by atoms with Crippen LogP contribution in [0, 0.1) is 0 Å². The van der Waals surface area contributed by atoms with Gasteiger partial charge in [0.15, 0.2) is 0 Å². The van der Waals surface area contributed by atoms with E-state index in [4.69, 9.17) is 5.73 Å². The monoisotopic (exact) mass is 268 g/mol. The molecule has 0 aromatic heterocycles. The molecule has 2 N–H and O–H groups in total. The summed E-state index contributed by atoms with van der Waals surface area (Å²) in [5.41, 5.74) is 10.2. The number of nitrogen functional groups attached to an aromatic ring is 1. The van der Waals surface area contributed by atoms with Crippen molar-refractivity contribution in [3.05, 3.63) is 59.7 Å². The van der Waals surface area contributed by atoms with Crippen molar-refractivity contribution in [3.8, 4) is 0 Å². The van der Waals surface area contributed by atoms with Gasteiger partial charge in [0.25, 0.3) is 0 Å². The third-order valence-electron chi connectivity index (χ3n) is 3.08. The first kappa shape index (κ1) is 16.0. The van der Waals surface area contributed by atoms with E-state index in [9.17, 15) is 0 Å². The van der Waals surface area contributed by atoms with Crippen molar-refractivity contribution < 1.29 is 0 Å². The highest BCUT2D eigenvalue weighted by atomic mass is 14.7. The molecule has 2 aromatic rings. The highest BCUT2D eigenvalue weighted by molar-refractivity contribution is 5.62. The average molecular weight is 268 g/mol. The lowest BCUT2D eigenvalue weighted by molar-refractivity contribution is 1.13. The first-order valence-corrected chi connectivity index (χ1v) is 7.12. The van der Waals surface area contributed by atoms with Crippen molar-refractivity contribution >= 4 is 17.6 Å². The first-order valence-electron chi connectivity index (χ1n) is 7.12. The van der Waals surface area contributed by atoms with Crippen LogP contribution in [-0.4, -0.2) is 6.21 Å². The number of rotatable bonds is 3. The van der Waals surface area contributed by atoms with Crippen LogP contribution in [0.25, 0.3) is 0 Å². The molecule has 0 unspecified atom stereocenters. The van der Waals surface area contributed by atoms with Gasteiger partial charge in [0.1, 0.15) is 0 Å². The molecular formula is C18H24N2. The number of nitrogens with two attached hydrogens (primary N) is 1. The number of aliphatic imine (C=N–C) groups is 1. The van der Waals surface area contributed by atoms with Gasteiger partial charge in [0, 0.05) is 11.9 Å².